The maximum absolute atomic E-state index is 13.3. The van der Waals surface area contributed by atoms with Crippen LogP contribution in [0.15, 0.2) is 46.3 Å². The summed E-state index contributed by atoms with van der Waals surface area (Å²) in [5, 5.41) is 8.80. The summed E-state index contributed by atoms with van der Waals surface area (Å²) >= 11 is 1.50. The molecule has 1 saturated heterocycles. The average Bonchev–Trinajstić information content (AvgIpc) is 3.40. The maximum Gasteiger partial charge on any atom is 0.325 e. The lowest BCUT2D eigenvalue weighted by atomic mass is 9.76. The van der Waals surface area contributed by atoms with E-state index in [4.69, 9.17) is 4.52 Å². The van der Waals surface area contributed by atoms with Crippen molar-refractivity contribution in [2.24, 2.45) is 0 Å². The zero-order chi connectivity index (χ0) is 18.4. The number of aromatic nitrogens is 2. The molecule has 27 heavy (non-hydrogen) atoms. The van der Waals surface area contributed by atoms with Crippen molar-refractivity contribution in [1.82, 2.24) is 20.4 Å². The number of urea groups is 1. The number of nitrogens with one attached hydrogen (secondary N) is 1. The van der Waals surface area contributed by atoms with Gasteiger partial charge >= 0.3 is 6.03 Å². The topological polar surface area (TPSA) is 88.3 Å². The standard InChI is InChI=1S/C19H16N4O3S/c24-17-19(9-3-6-12-5-1-2-7-13(12)19)21-18(25)23(17)11-15-20-16(22-26-15)14-8-4-10-27-14/h1-2,4-5,7-8,10H,3,6,9,11H2,(H,21,25). The molecule has 1 aliphatic heterocycles. The van der Waals surface area contributed by atoms with Gasteiger partial charge < -0.3 is 9.84 Å². The number of carbonyl (C=O) groups is 2. The molecule has 3 amide bonds. The van der Waals surface area contributed by atoms with Crippen LogP contribution in [0.25, 0.3) is 10.7 Å². The first-order chi connectivity index (χ1) is 13.2. The smallest absolute Gasteiger partial charge is 0.325 e. The zero-order valence-electron chi connectivity index (χ0n) is 14.3. The summed E-state index contributed by atoms with van der Waals surface area (Å²) in [6.07, 6.45) is 2.35. The Morgan fingerprint density at radius 2 is 2.11 bits per heavy atom. The van der Waals surface area contributed by atoms with Crippen LogP contribution in [0.1, 0.15) is 29.9 Å². The van der Waals surface area contributed by atoms with Crippen molar-refractivity contribution in [3.63, 3.8) is 0 Å². The molecule has 1 aliphatic carbocycles. The molecule has 1 aromatic carbocycles. The molecule has 1 unspecified atom stereocenters. The Balaban J connectivity index is 1.44. The number of rotatable bonds is 3. The molecule has 8 heteroatoms. The van der Waals surface area contributed by atoms with Gasteiger partial charge in [0.2, 0.25) is 11.7 Å². The van der Waals surface area contributed by atoms with Gasteiger partial charge in [-0.1, -0.05) is 35.5 Å². The Bertz CT molecular complexity index is 1030. The molecule has 2 aliphatic rings. The van der Waals surface area contributed by atoms with Crippen LogP contribution in [0.2, 0.25) is 0 Å². The molecule has 1 spiro atoms. The third-order valence-corrected chi connectivity index (χ3v) is 6.02. The van der Waals surface area contributed by atoms with Crippen LogP contribution in [0, 0.1) is 0 Å². The van der Waals surface area contributed by atoms with E-state index in [9.17, 15) is 9.59 Å². The molecule has 1 N–H and O–H groups in total. The van der Waals surface area contributed by atoms with Crippen LogP contribution >= 0.6 is 11.3 Å². The second-order valence-electron chi connectivity index (χ2n) is 6.73. The Kier molecular flexibility index (Phi) is 3.61. The fourth-order valence-electron chi connectivity index (χ4n) is 3.92. The molecule has 0 radical (unpaired) electrons. The number of amides is 3. The van der Waals surface area contributed by atoms with Gasteiger partial charge in [0.15, 0.2) is 0 Å². The van der Waals surface area contributed by atoms with Crippen molar-refractivity contribution in [1.29, 1.82) is 0 Å². The molecule has 136 valence electrons. The van der Waals surface area contributed by atoms with E-state index in [2.05, 4.69) is 15.5 Å². The average molecular weight is 380 g/mol. The van der Waals surface area contributed by atoms with E-state index < -0.39 is 11.6 Å². The third-order valence-electron chi connectivity index (χ3n) is 5.15. The van der Waals surface area contributed by atoms with E-state index in [1.807, 2.05) is 41.8 Å². The number of fused-ring (bicyclic) bond motifs is 2. The van der Waals surface area contributed by atoms with Gasteiger partial charge in [0, 0.05) is 0 Å². The fraction of sp³-hybridized carbons (Fsp3) is 0.263. The minimum atomic E-state index is -0.984. The monoisotopic (exact) mass is 380 g/mol. The molecule has 1 atom stereocenters. The molecule has 3 aromatic rings. The number of hydrogen-bond donors (Lipinski definition) is 1. The summed E-state index contributed by atoms with van der Waals surface area (Å²) in [5.74, 6) is 0.448. The second-order valence-corrected chi connectivity index (χ2v) is 7.67. The van der Waals surface area contributed by atoms with E-state index in [1.54, 1.807) is 0 Å². The van der Waals surface area contributed by atoms with Gasteiger partial charge in [-0.2, -0.15) is 4.98 Å². The summed E-state index contributed by atoms with van der Waals surface area (Å²) in [6, 6.07) is 11.2. The molecule has 5 rings (SSSR count). The zero-order valence-corrected chi connectivity index (χ0v) is 15.2. The maximum atomic E-state index is 13.3. The van der Waals surface area contributed by atoms with Gasteiger partial charge in [-0.25, -0.2) is 4.79 Å². The highest BCUT2D eigenvalue weighted by Crippen LogP contribution is 2.40. The number of aryl methyl sites for hydroxylation is 1. The van der Waals surface area contributed by atoms with E-state index >= 15 is 0 Å². The third kappa shape index (κ3) is 2.48. The fourth-order valence-corrected chi connectivity index (χ4v) is 4.56. The number of thiophene rings is 1. The number of nitrogens with zero attached hydrogens (tertiary/aromatic N) is 3. The lowest BCUT2D eigenvalue weighted by molar-refractivity contribution is -0.132. The molecule has 0 bridgehead atoms. The van der Waals surface area contributed by atoms with Crippen molar-refractivity contribution in [3.05, 3.63) is 58.8 Å². The molecule has 0 saturated carbocycles. The van der Waals surface area contributed by atoms with Gasteiger partial charge in [-0.3, -0.25) is 9.69 Å². The van der Waals surface area contributed by atoms with E-state index in [0.717, 1.165) is 28.8 Å². The molecular weight excluding hydrogens is 364 g/mol. The highest BCUT2D eigenvalue weighted by molar-refractivity contribution is 7.13. The van der Waals surface area contributed by atoms with E-state index in [1.165, 1.54) is 16.2 Å². The lowest BCUT2D eigenvalue weighted by Crippen LogP contribution is -2.46. The van der Waals surface area contributed by atoms with Crippen LogP contribution in [-0.4, -0.2) is 27.0 Å². The number of carbonyl (C=O) groups excluding carboxylic acids is 2. The summed E-state index contributed by atoms with van der Waals surface area (Å²) in [6.45, 7) is -0.0348. The van der Waals surface area contributed by atoms with Crippen LogP contribution in [-0.2, 0) is 23.3 Å². The first-order valence-corrected chi connectivity index (χ1v) is 9.64. The highest BCUT2D eigenvalue weighted by Gasteiger charge is 2.54. The summed E-state index contributed by atoms with van der Waals surface area (Å²) < 4.78 is 5.26. The first kappa shape index (κ1) is 16.2. The van der Waals surface area contributed by atoms with Gasteiger partial charge in [0.25, 0.3) is 5.91 Å². The van der Waals surface area contributed by atoms with Crippen molar-refractivity contribution >= 4 is 23.3 Å². The van der Waals surface area contributed by atoms with Crippen molar-refractivity contribution in [2.75, 3.05) is 0 Å². The SMILES string of the molecule is O=C1NC2(CCCc3ccccc32)C(=O)N1Cc1nc(-c2cccs2)no1. The van der Waals surface area contributed by atoms with Crippen LogP contribution in [0.4, 0.5) is 4.79 Å². The predicted molar refractivity (Wildman–Crippen MR) is 97.8 cm³/mol. The molecule has 7 nitrogen and oxygen atoms in total. The number of imide groups is 1. The second kappa shape index (κ2) is 6.02. The Morgan fingerprint density at radius 3 is 2.96 bits per heavy atom. The Morgan fingerprint density at radius 1 is 1.22 bits per heavy atom. The molecule has 1 fully saturated rings. The number of benzene rings is 1. The quantitative estimate of drug-likeness (QED) is 0.706. The van der Waals surface area contributed by atoms with Gasteiger partial charge in [0.1, 0.15) is 12.1 Å². The Labute approximate surface area is 159 Å². The van der Waals surface area contributed by atoms with E-state index in [0.29, 0.717) is 12.2 Å². The molecular formula is C19H16N4O3S. The summed E-state index contributed by atoms with van der Waals surface area (Å²) in [4.78, 5) is 32.2. The Hall–Kier alpha value is -3.00. The molecule has 3 heterocycles. The van der Waals surface area contributed by atoms with Crippen molar-refractivity contribution in [2.45, 2.75) is 31.3 Å². The van der Waals surface area contributed by atoms with Crippen molar-refractivity contribution in [3.8, 4) is 10.7 Å². The van der Waals surface area contributed by atoms with Crippen LogP contribution in [0.3, 0.4) is 0 Å². The van der Waals surface area contributed by atoms with Gasteiger partial charge in [0.05, 0.1) is 4.88 Å². The van der Waals surface area contributed by atoms with Gasteiger partial charge in [-0.15, -0.1) is 11.3 Å². The summed E-state index contributed by atoms with van der Waals surface area (Å²) in [7, 11) is 0. The minimum Gasteiger partial charge on any atom is -0.337 e. The predicted octanol–water partition coefficient (Wildman–Crippen LogP) is 3.08. The first-order valence-electron chi connectivity index (χ1n) is 8.76. The molecule has 2 aromatic heterocycles. The lowest BCUT2D eigenvalue weighted by Gasteiger charge is -2.33. The normalized spacial score (nSPS) is 21.6. The van der Waals surface area contributed by atoms with E-state index in [-0.39, 0.29) is 18.3 Å². The van der Waals surface area contributed by atoms with Crippen LogP contribution in [0.5, 0.6) is 0 Å². The highest BCUT2D eigenvalue weighted by atomic mass is 32.1. The van der Waals surface area contributed by atoms with Gasteiger partial charge in [-0.05, 0) is 41.8 Å². The number of hydrogen-bond acceptors (Lipinski definition) is 6. The minimum absolute atomic E-state index is 0.0348. The van der Waals surface area contributed by atoms with Crippen LogP contribution < -0.4 is 5.32 Å². The largest absolute Gasteiger partial charge is 0.337 e. The summed E-state index contributed by atoms with van der Waals surface area (Å²) in [5.41, 5.74) is 1.02. The van der Waals surface area contributed by atoms with Crippen molar-refractivity contribution < 1.29 is 14.1 Å².